The number of halogens is 1. The molecule has 0 unspecified atom stereocenters. The number of aromatic nitrogens is 3. The molecule has 0 saturated carbocycles. The van der Waals surface area contributed by atoms with E-state index in [4.69, 9.17) is 16.7 Å². The Morgan fingerprint density at radius 3 is 2.75 bits per heavy atom. The Morgan fingerprint density at radius 1 is 1.62 bits per heavy atom. The molecule has 1 N–H and O–H groups in total. The van der Waals surface area contributed by atoms with Crippen LogP contribution in [0.4, 0.5) is 0 Å². The Bertz CT molecular complexity index is 558. The molecule has 6 nitrogen and oxygen atoms in total. The number of rotatable bonds is 2. The van der Waals surface area contributed by atoms with E-state index in [0.717, 1.165) is 0 Å². The van der Waals surface area contributed by atoms with Crippen LogP contribution in [-0.2, 0) is 7.05 Å². The van der Waals surface area contributed by atoms with Crippen LogP contribution in [-0.4, -0.2) is 26.0 Å². The maximum Gasteiger partial charge on any atom is 0.374 e. The van der Waals surface area contributed by atoms with Crippen molar-refractivity contribution in [3.8, 4) is 11.3 Å². The topological polar surface area (TPSA) is 81.2 Å². The molecule has 2 heterocycles. The highest BCUT2D eigenvalue weighted by Crippen LogP contribution is 2.29. The first-order valence-corrected chi connectivity index (χ1v) is 4.78. The normalized spacial score (nSPS) is 10.7. The molecule has 2 aromatic rings. The van der Waals surface area contributed by atoms with Crippen molar-refractivity contribution in [3.05, 3.63) is 22.7 Å². The average molecular weight is 242 g/mol. The number of aryl methyl sites for hydroxylation is 2. The lowest BCUT2D eigenvalue weighted by atomic mass is 10.2. The molecule has 0 amide bonds. The molecule has 7 heteroatoms. The summed E-state index contributed by atoms with van der Waals surface area (Å²) in [4.78, 5) is 10.6. The standard InChI is InChI=1S/C9H8ClN3O3/c1-4-7(8(10)13(2)11-4)5-3-6(9(14)15)16-12-5/h3H,1-2H3,(H,14,15). The summed E-state index contributed by atoms with van der Waals surface area (Å²) in [5, 5.41) is 16.8. The number of hydrogen-bond acceptors (Lipinski definition) is 4. The molecule has 84 valence electrons. The Hall–Kier alpha value is -1.82. The molecule has 0 aliphatic heterocycles. The lowest BCUT2D eigenvalue weighted by Gasteiger charge is -1.92. The zero-order chi connectivity index (χ0) is 11.9. The van der Waals surface area contributed by atoms with Crippen LogP contribution in [0.25, 0.3) is 11.3 Å². The van der Waals surface area contributed by atoms with Gasteiger partial charge in [-0.1, -0.05) is 16.8 Å². The first-order chi connectivity index (χ1) is 7.50. The van der Waals surface area contributed by atoms with E-state index in [1.165, 1.54) is 10.7 Å². The third-order valence-corrected chi connectivity index (χ3v) is 2.56. The third kappa shape index (κ3) is 1.57. The van der Waals surface area contributed by atoms with E-state index in [2.05, 4.69) is 14.8 Å². The molecule has 2 rings (SSSR count). The van der Waals surface area contributed by atoms with E-state index in [9.17, 15) is 4.79 Å². The lowest BCUT2D eigenvalue weighted by molar-refractivity contribution is 0.0652. The van der Waals surface area contributed by atoms with Gasteiger partial charge in [0.15, 0.2) is 0 Å². The first-order valence-electron chi connectivity index (χ1n) is 4.40. The summed E-state index contributed by atoms with van der Waals surface area (Å²) >= 11 is 6.01. The molecule has 0 atom stereocenters. The van der Waals surface area contributed by atoms with Gasteiger partial charge in [0, 0.05) is 13.1 Å². The lowest BCUT2D eigenvalue weighted by Crippen LogP contribution is -1.91. The summed E-state index contributed by atoms with van der Waals surface area (Å²) in [6, 6.07) is 1.32. The SMILES string of the molecule is Cc1nn(C)c(Cl)c1-c1cc(C(=O)O)on1. The van der Waals surface area contributed by atoms with Gasteiger partial charge in [-0.25, -0.2) is 4.79 Å². The van der Waals surface area contributed by atoms with E-state index in [1.54, 1.807) is 14.0 Å². The molecule has 0 spiro atoms. The van der Waals surface area contributed by atoms with Gasteiger partial charge in [-0.2, -0.15) is 5.10 Å². The third-order valence-electron chi connectivity index (χ3n) is 2.13. The van der Waals surface area contributed by atoms with Gasteiger partial charge >= 0.3 is 5.97 Å². The maximum atomic E-state index is 10.6. The number of carboxylic acid groups (broad SMARTS) is 1. The fourth-order valence-electron chi connectivity index (χ4n) is 1.41. The van der Waals surface area contributed by atoms with Crippen LogP contribution >= 0.6 is 11.6 Å². The summed E-state index contributed by atoms with van der Waals surface area (Å²) in [5.74, 6) is -1.40. The average Bonchev–Trinajstić information content (AvgIpc) is 2.74. The van der Waals surface area contributed by atoms with E-state index in [-0.39, 0.29) is 5.76 Å². The van der Waals surface area contributed by atoms with Gasteiger partial charge in [-0.3, -0.25) is 4.68 Å². The monoisotopic (exact) mass is 241 g/mol. The second-order valence-corrected chi connectivity index (χ2v) is 3.61. The summed E-state index contributed by atoms with van der Waals surface area (Å²) in [5.41, 5.74) is 1.62. The highest BCUT2D eigenvalue weighted by atomic mass is 35.5. The van der Waals surface area contributed by atoms with Crippen LogP contribution in [0.5, 0.6) is 0 Å². The van der Waals surface area contributed by atoms with E-state index < -0.39 is 5.97 Å². The predicted molar refractivity (Wildman–Crippen MR) is 55.4 cm³/mol. The van der Waals surface area contributed by atoms with E-state index in [1.807, 2.05) is 0 Å². The summed E-state index contributed by atoms with van der Waals surface area (Å²) < 4.78 is 6.14. The highest BCUT2D eigenvalue weighted by Gasteiger charge is 2.19. The van der Waals surface area contributed by atoms with Crippen molar-refractivity contribution in [2.45, 2.75) is 6.92 Å². The quantitative estimate of drug-likeness (QED) is 0.866. The van der Waals surface area contributed by atoms with E-state index in [0.29, 0.717) is 22.1 Å². The summed E-state index contributed by atoms with van der Waals surface area (Å²) in [7, 11) is 1.69. The fourth-order valence-corrected chi connectivity index (χ4v) is 1.69. The number of aromatic carboxylic acids is 1. The molecule has 0 aliphatic rings. The fraction of sp³-hybridized carbons (Fsp3) is 0.222. The number of carbonyl (C=O) groups is 1. The van der Waals surface area contributed by atoms with Gasteiger partial charge in [-0.05, 0) is 6.92 Å². The Labute approximate surface area is 95.4 Å². The van der Waals surface area contributed by atoms with Gasteiger partial charge in [0.05, 0.1) is 11.3 Å². The predicted octanol–water partition coefficient (Wildman–Crippen LogP) is 1.74. The number of nitrogens with zero attached hydrogens (tertiary/aromatic N) is 3. The van der Waals surface area contributed by atoms with Crippen molar-refractivity contribution in [1.29, 1.82) is 0 Å². The molecule has 0 fully saturated rings. The van der Waals surface area contributed by atoms with Crippen LogP contribution < -0.4 is 0 Å². The number of carboxylic acids is 1. The molecule has 16 heavy (non-hydrogen) atoms. The van der Waals surface area contributed by atoms with E-state index >= 15 is 0 Å². The van der Waals surface area contributed by atoms with Crippen LogP contribution in [0.1, 0.15) is 16.2 Å². The van der Waals surface area contributed by atoms with Crippen LogP contribution in [0.3, 0.4) is 0 Å². The minimum atomic E-state index is -1.17. The van der Waals surface area contributed by atoms with Gasteiger partial charge in [-0.15, -0.1) is 0 Å². The highest BCUT2D eigenvalue weighted by molar-refractivity contribution is 6.32. The van der Waals surface area contributed by atoms with Gasteiger partial charge < -0.3 is 9.63 Å². The van der Waals surface area contributed by atoms with Crippen molar-refractivity contribution < 1.29 is 14.4 Å². The second kappa shape index (κ2) is 3.64. The summed E-state index contributed by atoms with van der Waals surface area (Å²) in [6.45, 7) is 1.76. The molecule has 2 aromatic heterocycles. The van der Waals surface area contributed by atoms with Gasteiger partial charge in [0.2, 0.25) is 5.76 Å². The first kappa shape index (κ1) is 10.7. The van der Waals surface area contributed by atoms with Crippen molar-refractivity contribution in [1.82, 2.24) is 14.9 Å². The van der Waals surface area contributed by atoms with Crippen molar-refractivity contribution in [3.63, 3.8) is 0 Å². The zero-order valence-electron chi connectivity index (χ0n) is 8.56. The Balaban J connectivity index is 2.54. The van der Waals surface area contributed by atoms with Crippen molar-refractivity contribution in [2.75, 3.05) is 0 Å². The van der Waals surface area contributed by atoms with Crippen molar-refractivity contribution >= 4 is 17.6 Å². The molecular formula is C9H8ClN3O3. The summed E-state index contributed by atoms with van der Waals surface area (Å²) in [6.07, 6.45) is 0. The number of hydrogen-bond donors (Lipinski definition) is 1. The molecule has 0 saturated heterocycles. The maximum absolute atomic E-state index is 10.6. The van der Waals surface area contributed by atoms with Crippen LogP contribution in [0.15, 0.2) is 10.6 Å². The smallest absolute Gasteiger partial charge is 0.374 e. The van der Waals surface area contributed by atoms with Crippen LogP contribution in [0.2, 0.25) is 5.15 Å². The largest absolute Gasteiger partial charge is 0.475 e. The Morgan fingerprint density at radius 2 is 2.31 bits per heavy atom. The molecule has 0 radical (unpaired) electrons. The zero-order valence-corrected chi connectivity index (χ0v) is 9.32. The Kier molecular flexibility index (Phi) is 2.43. The van der Waals surface area contributed by atoms with Gasteiger partial charge in [0.25, 0.3) is 0 Å². The minimum absolute atomic E-state index is 0.227. The molecular weight excluding hydrogens is 234 g/mol. The molecule has 0 bridgehead atoms. The molecule has 0 aromatic carbocycles. The second-order valence-electron chi connectivity index (χ2n) is 3.26. The molecule has 0 aliphatic carbocycles. The minimum Gasteiger partial charge on any atom is -0.475 e. The van der Waals surface area contributed by atoms with Crippen LogP contribution in [0, 0.1) is 6.92 Å². The van der Waals surface area contributed by atoms with Crippen molar-refractivity contribution in [2.24, 2.45) is 7.05 Å². The van der Waals surface area contributed by atoms with Gasteiger partial charge in [0.1, 0.15) is 10.8 Å².